The lowest BCUT2D eigenvalue weighted by Crippen LogP contribution is -2.08. The molecule has 0 atom stereocenters. The third kappa shape index (κ3) is 3.84. The summed E-state index contributed by atoms with van der Waals surface area (Å²) in [5.74, 6) is 2.26. The topological polar surface area (TPSA) is 0 Å². The molecule has 1 aromatic carbocycles. The molecule has 1 fully saturated rings. The van der Waals surface area contributed by atoms with E-state index in [1.807, 2.05) is 11.8 Å². The molecule has 0 aliphatic heterocycles. The van der Waals surface area contributed by atoms with Crippen molar-refractivity contribution >= 4 is 27.7 Å². The van der Waals surface area contributed by atoms with Crippen LogP contribution in [-0.2, 0) is 0 Å². The fraction of sp³-hybridized carbons (Fsp3) is 0.538. The molecule has 0 nitrogen and oxygen atoms in total. The number of rotatable bonds is 3. The second-order valence-corrected chi connectivity index (χ2v) is 6.28. The number of thioether (sulfide) groups is 1. The van der Waals surface area contributed by atoms with Gasteiger partial charge in [0.05, 0.1) is 0 Å². The van der Waals surface area contributed by atoms with Crippen LogP contribution < -0.4 is 0 Å². The zero-order valence-corrected chi connectivity index (χ0v) is 11.3. The SMILES string of the molecule is Brc1cccc(SCC2CCCCC2)c1. The molecule has 82 valence electrons. The van der Waals surface area contributed by atoms with Crippen molar-refractivity contribution in [3.63, 3.8) is 0 Å². The zero-order valence-electron chi connectivity index (χ0n) is 8.92. The van der Waals surface area contributed by atoms with Gasteiger partial charge in [-0.1, -0.05) is 41.3 Å². The first-order chi connectivity index (χ1) is 7.34. The molecule has 0 saturated heterocycles. The van der Waals surface area contributed by atoms with Gasteiger partial charge in [0.25, 0.3) is 0 Å². The largest absolute Gasteiger partial charge is 0.126 e. The van der Waals surface area contributed by atoms with Crippen molar-refractivity contribution in [3.05, 3.63) is 28.7 Å². The van der Waals surface area contributed by atoms with Crippen LogP contribution in [0, 0.1) is 5.92 Å². The molecule has 0 N–H and O–H groups in total. The first-order valence-electron chi connectivity index (χ1n) is 5.73. The molecular weight excluding hydrogens is 268 g/mol. The molecule has 15 heavy (non-hydrogen) atoms. The van der Waals surface area contributed by atoms with Crippen LogP contribution in [0.15, 0.2) is 33.6 Å². The standard InChI is InChI=1S/C13H17BrS/c14-12-7-4-8-13(9-12)15-10-11-5-2-1-3-6-11/h4,7-9,11H,1-3,5-6,10H2. The lowest BCUT2D eigenvalue weighted by Gasteiger charge is -2.20. The van der Waals surface area contributed by atoms with Gasteiger partial charge in [0, 0.05) is 15.1 Å². The summed E-state index contributed by atoms with van der Waals surface area (Å²) in [6, 6.07) is 8.63. The highest BCUT2D eigenvalue weighted by molar-refractivity contribution is 9.10. The number of hydrogen-bond donors (Lipinski definition) is 0. The summed E-state index contributed by atoms with van der Waals surface area (Å²) < 4.78 is 1.19. The Bertz CT molecular complexity index is 305. The summed E-state index contributed by atoms with van der Waals surface area (Å²) in [6.45, 7) is 0. The lowest BCUT2D eigenvalue weighted by molar-refractivity contribution is 0.391. The Hall–Kier alpha value is 0.0500. The van der Waals surface area contributed by atoms with E-state index < -0.39 is 0 Å². The summed E-state index contributed by atoms with van der Waals surface area (Å²) in [4.78, 5) is 1.40. The van der Waals surface area contributed by atoms with Crippen LogP contribution in [0.1, 0.15) is 32.1 Å². The molecule has 1 aliphatic carbocycles. The van der Waals surface area contributed by atoms with Crippen LogP contribution >= 0.6 is 27.7 Å². The minimum atomic E-state index is 0.961. The minimum Gasteiger partial charge on any atom is -0.126 e. The Morgan fingerprint density at radius 3 is 2.73 bits per heavy atom. The zero-order chi connectivity index (χ0) is 10.5. The van der Waals surface area contributed by atoms with E-state index in [0.29, 0.717) is 0 Å². The van der Waals surface area contributed by atoms with Crippen molar-refractivity contribution < 1.29 is 0 Å². The Balaban J connectivity index is 1.81. The summed E-state index contributed by atoms with van der Waals surface area (Å²) in [6.07, 6.45) is 7.24. The van der Waals surface area contributed by atoms with Crippen molar-refractivity contribution in [1.29, 1.82) is 0 Å². The molecule has 0 spiro atoms. The van der Waals surface area contributed by atoms with E-state index >= 15 is 0 Å². The van der Waals surface area contributed by atoms with Crippen LogP contribution in [0.2, 0.25) is 0 Å². The average molecular weight is 285 g/mol. The Morgan fingerprint density at radius 2 is 2.00 bits per heavy atom. The molecule has 0 bridgehead atoms. The predicted octanol–water partition coefficient (Wildman–Crippen LogP) is 5.12. The molecule has 0 radical (unpaired) electrons. The van der Waals surface area contributed by atoms with Gasteiger partial charge in [-0.3, -0.25) is 0 Å². The van der Waals surface area contributed by atoms with Crippen LogP contribution in [0.3, 0.4) is 0 Å². The highest BCUT2D eigenvalue weighted by atomic mass is 79.9. The van der Waals surface area contributed by atoms with E-state index in [1.54, 1.807) is 0 Å². The van der Waals surface area contributed by atoms with Gasteiger partial charge in [-0.05, 0) is 37.0 Å². The van der Waals surface area contributed by atoms with Crippen molar-refractivity contribution in [2.75, 3.05) is 5.75 Å². The van der Waals surface area contributed by atoms with Crippen molar-refractivity contribution in [1.82, 2.24) is 0 Å². The van der Waals surface area contributed by atoms with Crippen LogP contribution in [0.5, 0.6) is 0 Å². The third-order valence-corrected chi connectivity index (χ3v) is 4.73. The van der Waals surface area contributed by atoms with Gasteiger partial charge in [-0.25, -0.2) is 0 Å². The smallest absolute Gasteiger partial charge is 0.0186 e. The van der Waals surface area contributed by atoms with E-state index in [0.717, 1.165) is 5.92 Å². The first kappa shape index (κ1) is 11.5. The fourth-order valence-corrected chi connectivity index (χ4v) is 3.82. The lowest BCUT2D eigenvalue weighted by atomic mass is 9.91. The van der Waals surface area contributed by atoms with E-state index in [2.05, 4.69) is 40.2 Å². The molecule has 0 aromatic heterocycles. The summed E-state index contributed by atoms with van der Waals surface area (Å²) in [5, 5.41) is 0. The number of halogens is 1. The minimum absolute atomic E-state index is 0.961. The molecule has 0 unspecified atom stereocenters. The van der Waals surface area contributed by atoms with Gasteiger partial charge < -0.3 is 0 Å². The molecule has 0 amide bonds. The molecule has 1 aliphatic rings. The van der Waals surface area contributed by atoms with Crippen molar-refractivity contribution in [2.24, 2.45) is 5.92 Å². The Labute approximate surface area is 105 Å². The monoisotopic (exact) mass is 284 g/mol. The van der Waals surface area contributed by atoms with Gasteiger partial charge in [0.15, 0.2) is 0 Å². The van der Waals surface area contributed by atoms with Crippen LogP contribution in [-0.4, -0.2) is 5.75 Å². The number of benzene rings is 1. The maximum atomic E-state index is 3.51. The fourth-order valence-electron chi connectivity index (χ4n) is 2.12. The maximum absolute atomic E-state index is 3.51. The molecule has 1 aromatic rings. The van der Waals surface area contributed by atoms with Crippen molar-refractivity contribution in [2.45, 2.75) is 37.0 Å². The number of hydrogen-bond acceptors (Lipinski definition) is 1. The molecule has 0 heterocycles. The van der Waals surface area contributed by atoms with Crippen LogP contribution in [0.4, 0.5) is 0 Å². The average Bonchev–Trinajstić information content (AvgIpc) is 2.28. The van der Waals surface area contributed by atoms with Crippen molar-refractivity contribution in [3.8, 4) is 0 Å². The molecule has 1 saturated carbocycles. The van der Waals surface area contributed by atoms with Gasteiger partial charge in [0.2, 0.25) is 0 Å². The summed E-state index contributed by atoms with van der Waals surface area (Å²) in [7, 11) is 0. The molecule has 2 rings (SSSR count). The first-order valence-corrected chi connectivity index (χ1v) is 7.51. The van der Waals surface area contributed by atoms with Gasteiger partial charge in [-0.15, -0.1) is 11.8 Å². The quantitative estimate of drug-likeness (QED) is 0.694. The van der Waals surface area contributed by atoms with Gasteiger partial charge in [-0.2, -0.15) is 0 Å². The van der Waals surface area contributed by atoms with E-state index in [4.69, 9.17) is 0 Å². The van der Waals surface area contributed by atoms with Gasteiger partial charge >= 0.3 is 0 Å². The highest BCUT2D eigenvalue weighted by Gasteiger charge is 2.13. The van der Waals surface area contributed by atoms with E-state index in [-0.39, 0.29) is 0 Å². The van der Waals surface area contributed by atoms with E-state index in [1.165, 1.54) is 47.2 Å². The Morgan fingerprint density at radius 1 is 1.20 bits per heavy atom. The second-order valence-electron chi connectivity index (χ2n) is 4.27. The van der Waals surface area contributed by atoms with Crippen LogP contribution in [0.25, 0.3) is 0 Å². The maximum Gasteiger partial charge on any atom is 0.0186 e. The second kappa shape index (κ2) is 5.95. The molecular formula is C13H17BrS. The molecule has 2 heteroatoms. The third-order valence-electron chi connectivity index (χ3n) is 3.01. The summed E-state index contributed by atoms with van der Waals surface area (Å²) >= 11 is 5.53. The predicted molar refractivity (Wildman–Crippen MR) is 71.4 cm³/mol. The highest BCUT2D eigenvalue weighted by Crippen LogP contribution is 2.30. The normalized spacial score (nSPS) is 17.9. The summed E-state index contributed by atoms with van der Waals surface area (Å²) in [5.41, 5.74) is 0. The van der Waals surface area contributed by atoms with Gasteiger partial charge in [0.1, 0.15) is 0 Å². The van der Waals surface area contributed by atoms with E-state index in [9.17, 15) is 0 Å². The Kier molecular flexibility index (Phi) is 4.58.